The standard InChI is InChI=1S/C10H11NO2/c1-8(11-7-12)9-4-3-5-10(6-9)13-2/h3-6,8H,1-2H3/t8-/m0/s1. The first kappa shape index (κ1) is 9.49. The molecule has 1 rings (SSSR count). The van der Waals surface area contributed by atoms with Gasteiger partial charge in [-0.05, 0) is 24.6 Å². The molecule has 1 aromatic rings. The Morgan fingerprint density at radius 1 is 1.54 bits per heavy atom. The highest BCUT2D eigenvalue weighted by Crippen LogP contribution is 2.20. The van der Waals surface area contributed by atoms with Gasteiger partial charge in [-0.3, -0.25) is 0 Å². The summed E-state index contributed by atoms with van der Waals surface area (Å²) in [5, 5.41) is 0. The second-order valence-electron chi connectivity index (χ2n) is 2.67. The Morgan fingerprint density at radius 3 is 2.92 bits per heavy atom. The first-order valence-electron chi connectivity index (χ1n) is 3.99. The van der Waals surface area contributed by atoms with E-state index in [1.165, 1.54) is 6.08 Å². The fraction of sp³-hybridized carbons (Fsp3) is 0.300. The smallest absolute Gasteiger partial charge is 0.235 e. The van der Waals surface area contributed by atoms with Crippen molar-refractivity contribution in [2.45, 2.75) is 13.0 Å². The molecule has 0 heterocycles. The minimum absolute atomic E-state index is 0.160. The van der Waals surface area contributed by atoms with Crippen LogP contribution in [0.3, 0.4) is 0 Å². The molecule has 0 saturated carbocycles. The van der Waals surface area contributed by atoms with Gasteiger partial charge in [0, 0.05) is 0 Å². The number of hydrogen-bond acceptors (Lipinski definition) is 3. The lowest BCUT2D eigenvalue weighted by Crippen LogP contribution is -1.90. The van der Waals surface area contributed by atoms with Crippen molar-refractivity contribution in [1.82, 2.24) is 0 Å². The topological polar surface area (TPSA) is 38.7 Å². The molecule has 0 fully saturated rings. The largest absolute Gasteiger partial charge is 0.497 e. The number of methoxy groups -OCH3 is 1. The molecule has 0 aliphatic heterocycles. The van der Waals surface area contributed by atoms with E-state index < -0.39 is 0 Å². The van der Waals surface area contributed by atoms with E-state index in [1.54, 1.807) is 7.11 Å². The maximum absolute atomic E-state index is 10.0. The van der Waals surface area contributed by atoms with Gasteiger partial charge in [-0.25, -0.2) is 4.79 Å². The van der Waals surface area contributed by atoms with Crippen LogP contribution in [0.5, 0.6) is 5.75 Å². The van der Waals surface area contributed by atoms with Crippen LogP contribution in [-0.2, 0) is 4.79 Å². The molecule has 0 spiro atoms. The molecule has 0 aromatic heterocycles. The van der Waals surface area contributed by atoms with E-state index in [0.717, 1.165) is 11.3 Å². The number of hydrogen-bond donors (Lipinski definition) is 0. The summed E-state index contributed by atoms with van der Waals surface area (Å²) in [6, 6.07) is 7.30. The molecule has 68 valence electrons. The average Bonchev–Trinajstić information content (AvgIpc) is 2.18. The summed E-state index contributed by atoms with van der Waals surface area (Å²) in [6.07, 6.45) is 1.54. The third-order valence-corrected chi connectivity index (χ3v) is 1.82. The number of ether oxygens (including phenoxy) is 1. The normalized spacial score (nSPS) is 11.5. The Hall–Kier alpha value is -1.60. The van der Waals surface area contributed by atoms with Gasteiger partial charge in [0.05, 0.1) is 13.2 Å². The van der Waals surface area contributed by atoms with E-state index >= 15 is 0 Å². The van der Waals surface area contributed by atoms with Crippen LogP contribution in [0.2, 0.25) is 0 Å². The highest BCUT2D eigenvalue weighted by molar-refractivity contribution is 5.37. The molecule has 0 N–H and O–H groups in total. The molecule has 0 amide bonds. The van der Waals surface area contributed by atoms with Crippen molar-refractivity contribution in [3.63, 3.8) is 0 Å². The summed E-state index contributed by atoms with van der Waals surface area (Å²) in [6.45, 7) is 1.83. The minimum atomic E-state index is -0.160. The molecular weight excluding hydrogens is 166 g/mol. The van der Waals surface area contributed by atoms with E-state index in [2.05, 4.69) is 4.99 Å². The summed E-state index contributed by atoms with van der Waals surface area (Å²) in [5.74, 6) is 0.769. The Morgan fingerprint density at radius 2 is 2.31 bits per heavy atom. The van der Waals surface area contributed by atoms with E-state index in [9.17, 15) is 4.79 Å². The van der Waals surface area contributed by atoms with E-state index in [4.69, 9.17) is 4.74 Å². The van der Waals surface area contributed by atoms with Gasteiger partial charge in [-0.1, -0.05) is 12.1 Å². The first-order chi connectivity index (χ1) is 6.27. The van der Waals surface area contributed by atoms with Crippen LogP contribution < -0.4 is 4.74 Å². The zero-order valence-electron chi connectivity index (χ0n) is 7.65. The van der Waals surface area contributed by atoms with Gasteiger partial charge in [-0.2, -0.15) is 4.99 Å². The fourth-order valence-corrected chi connectivity index (χ4v) is 1.05. The molecule has 3 nitrogen and oxygen atoms in total. The number of nitrogens with zero attached hydrogens (tertiary/aromatic N) is 1. The van der Waals surface area contributed by atoms with Crippen molar-refractivity contribution in [2.75, 3.05) is 7.11 Å². The predicted octanol–water partition coefficient (Wildman–Crippen LogP) is 2.09. The van der Waals surface area contributed by atoms with Crippen molar-refractivity contribution < 1.29 is 9.53 Å². The zero-order chi connectivity index (χ0) is 9.68. The Labute approximate surface area is 77.1 Å². The molecule has 1 aromatic carbocycles. The summed E-state index contributed by atoms with van der Waals surface area (Å²) in [4.78, 5) is 13.6. The molecule has 0 unspecified atom stereocenters. The molecule has 0 radical (unpaired) electrons. The number of aliphatic imine (C=N–C) groups is 1. The molecule has 0 aliphatic rings. The van der Waals surface area contributed by atoms with Crippen LogP contribution >= 0.6 is 0 Å². The first-order valence-corrected chi connectivity index (χ1v) is 3.99. The summed E-state index contributed by atoms with van der Waals surface area (Å²) >= 11 is 0. The third-order valence-electron chi connectivity index (χ3n) is 1.82. The monoisotopic (exact) mass is 177 g/mol. The SMILES string of the molecule is COc1cccc([C@H](C)N=C=O)c1. The lowest BCUT2D eigenvalue weighted by molar-refractivity contribution is 0.414. The van der Waals surface area contributed by atoms with Crippen molar-refractivity contribution in [2.24, 2.45) is 4.99 Å². The third kappa shape index (κ3) is 2.42. The zero-order valence-corrected chi connectivity index (χ0v) is 7.65. The van der Waals surface area contributed by atoms with E-state index in [0.29, 0.717) is 0 Å². The minimum Gasteiger partial charge on any atom is -0.497 e. The van der Waals surface area contributed by atoms with Crippen molar-refractivity contribution in [3.05, 3.63) is 29.8 Å². The second-order valence-corrected chi connectivity index (χ2v) is 2.67. The van der Waals surface area contributed by atoms with Crippen molar-refractivity contribution >= 4 is 6.08 Å². The number of carbonyl (C=O) groups excluding carboxylic acids is 1. The second kappa shape index (κ2) is 4.43. The molecule has 3 heteroatoms. The van der Waals surface area contributed by atoms with E-state index in [1.807, 2.05) is 31.2 Å². The summed E-state index contributed by atoms with van der Waals surface area (Å²) in [5.41, 5.74) is 0.947. The molecule has 0 saturated heterocycles. The highest BCUT2D eigenvalue weighted by Gasteiger charge is 2.03. The van der Waals surface area contributed by atoms with Gasteiger partial charge in [0.2, 0.25) is 6.08 Å². The maximum atomic E-state index is 10.0. The van der Waals surface area contributed by atoms with Crippen LogP contribution in [0.1, 0.15) is 18.5 Å². The Balaban J connectivity index is 2.94. The number of rotatable bonds is 3. The van der Waals surface area contributed by atoms with Crippen LogP contribution in [-0.4, -0.2) is 13.2 Å². The van der Waals surface area contributed by atoms with Crippen molar-refractivity contribution in [1.29, 1.82) is 0 Å². The molecule has 0 aliphatic carbocycles. The predicted molar refractivity (Wildman–Crippen MR) is 49.5 cm³/mol. The van der Waals surface area contributed by atoms with Gasteiger partial charge in [0.25, 0.3) is 0 Å². The van der Waals surface area contributed by atoms with Gasteiger partial charge in [0.15, 0.2) is 0 Å². The average molecular weight is 177 g/mol. The Bertz CT molecular complexity index is 329. The van der Waals surface area contributed by atoms with Gasteiger partial charge in [0.1, 0.15) is 5.75 Å². The maximum Gasteiger partial charge on any atom is 0.235 e. The molecule has 13 heavy (non-hydrogen) atoms. The van der Waals surface area contributed by atoms with Crippen molar-refractivity contribution in [3.8, 4) is 5.75 Å². The highest BCUT2D eigenvalue weighted by atomic mass is 16.5. The Kier molecular flexibility index (Phi) is 3.23. The quantitative estimate of drug-likeness (QED) is 0.523. The molecule has 0 bridgehead atoms. The summed E-state index contributed by atoms with van der Waals surface area (Å²) in [7, 11) is 1.60. The van der Waals surface area contributed by atoms with Crippen LogP contribution in [0, 0.1) is 0 Å². The fourth-order valence-electron chi connectivity index (χ4n) is 1.05. The summed E-state index contributed by atoms with van der Waals surface area (Å²) < 4.78 is 5.04. The number of benzene rings is 1. The number of isocyanates is 1. The van der Waals surface area contributed by atoms with Crippen LogP contribution in [0.15, 0.2) is 29.3 Å². The lowest BCUT2D eigenvalue weighted by atomic mass is 10.1. The van der Waals surface area contributed by atoms with E-state index in [-0.39, 0.29) is 6.04 Å². The molecular formula is C10H11NO2. The van der Waals surface area contributed by atoms with Crippen LogP contribution in [0.25, 0.3) is 0 Å². The molecule has 1 atom stereocenters. The van der Waals surface area contributed by atoms with Gasteiger partial charge < -0.3 is 4.74 Å². The lowest BCUT2D eigenvalue weighted by Gasteiger charge is -2.05. The van der Waals surface area contributed by atoms with Crippen LogP contribution in [0.4, 0.5) is 0 Å². The van der Waals surface area contributed by atoms with Gasteiger partial charge in [-0.15, -0.1) is 0 Å². The van der Waals surface area contributed by atoms with Gasteiger partial charge >= 0.3 is 0 Å².